The van der Waals surface area contributed by atoms with Crippen molar-refractivity contribution in [1.29, 1.82) is 0 Å². The number of anilines is 2. The molecule has 0 fully saturated rings. The number of nitrogens with two attached hydrogens (primary N) is 1. The van der Waals surface area contributed by atoms with Crippen LogP contribution in [0.3, 0.4) is 0 Å². The molecule has 1 heterocycles. The van der Waals surface area contributed by atoms with Crippen LogP contribution in [0.1, 0.15) is 10.4 Å². The molecule has 3 N–H and O–H groups in total. The van der Waals surface area contributed by atoms with Crippen LogP contribution in [0, 0.1) is 0 Å². The van der Waals surface area contributed by atoms with Gasteiger partial charge < -0.3 is 25.3 Å². The van der Waals surface area contributed by atoms with Gasteiger partial charge in [-0.25, -0.2) is 4.98 Å². The van der Waals surface area contributed by atoms with Crippen molar-refractivity contribution in [3.63, 3.8) is 0 Å². The summed E-state index contributed by atoms with van der Waals surface area (Å²) in [6.07, 6.45) is 1.54. The van der Waals surface area contributed by atoms with Gasteiger partial charge in [-0.05, 0) is 24.3 Å². The zero-order chi connectivity index (χ0) is 16.1. The van der Waals surface area contributed by atoms with Gasteiger partial charge in [0.25, 0.3) is 5.91 Å². The van der Waals surface area contributed by atoms with Gasteiger partial charge in [-0.2, -0.15) is 0 Å². The molecule has 0 aliphatic rings. The van der Waals surface area contributed by atoms with Crippen LogP contribution < -0.4 is 25.3 Å². The predicted molar refractivity (Wildman–Crippen MR) is 82.7 cm³/mol. The lowest BCUT2D eigenvalue weighted by Gasteiger charge is -2.14. The van der Waals surface area contributed by atoms with Crippen molar-refractivity contribution in [2.75, 3.05) is 32.4 Å². The molecule has 1 amide bonds. The summed E-state index contributed by atoms with van der Waals surface area (Å²) in [5.41, 5.74) is 6.47. The van der Waals surface area contributed by atoms with Crippen LogP contribution in [0.4, 0.5) is 11.5 Å². The average molecular weight is 303 g/mol. The molecule has 2 aromatic rings. The average Bonchev–Trinajstić information content (AvgIpc) is 2.55. The number of ether oxygens (including phenoxy) is 3. The second-order valence-corrected chi connectivity index (χ2v) is 4.31. The third kappa shape index (κ3) is 3.03. The molecule has 0 aliphatic heterocycles. The number of benzene rings is 1. The van der Waals surface area contributed by atoms with Gasteiger partial charge in [0.15, 0.2) is 17.3 Å². The first-order chi connectivity index (χ1) is 10.6. The number of nitrogens with one attached hydrogen (secondary N) is 1. The van der Waals surface area contributed by atoms with Crippen molar-refractivity contribution < 1.29 is 19.0 Å². The van der Waals surface area contributed by atoms with Gasteiger partial charge in [0.05, 0.1) is 27.0 Å². The molecule has 2 rings (SSSR count). The fraction of sp³-hybridized carbons (Fsp3) is 0.200. The molecule has 0 bridgehead atoms. The first-order valence-electron chi connectivity index (χ1n) is 6.42. The number of hydrogen-bond donors (Lipinski definition) is 2. The summed E-state index contributed by atoms with van der Waals surface area (Å²) in [6.45, 7) is 0. The molecule has 22 heavy (non-hydrogen) atoms. The second kappa shape index (κ2) is 6.66. The van der Waals surface area contributed by atoms with Gasteiger partial charge in [0.1, 0.15) is 0 Å². The maximum atomic E-state index is 12.3. The largest absolute Gasteiger partial charge is 0.493 e. The first kappa shape index (κ1) is 15.4. The van der Waals surface area contributed by atoms with Gasteiger partial charge in [0, 0.05) is 11.8 Å². The number of aromatic nitrogens is 1. The fourth-order valence-corrected chi connectivity index (χ4v) is 1.91. The van der Waals surface area contributed by atoms with Crippen LogP contribution >= 0.6 is 0 Å². The zero-order valence-electron chi connectivity index (χ0n) is 12.5. The number of hydrogen-bond acceptors (Lipinski definition) is 6. The van der Waals surface area contributed by atoms with Crippen LogP contribution in [-0.4, -0.2) is 32.2 Å². The molecule has 1 aromatic carbocycles. The summed E-state index contributed by atoms with van der Waals surface area (Å²) in [5, 5.41) is 2.64. The number of nitrogen functional groups attached to an aromatic ring is 1. The number of carbonyl (C=O) groups excluding carboxylic acids is 1. The topological polar surface area (TPSA) is 95.7 Å². The van der Waals surface area contributed by atoms with E-state index in [9.17, 15) is 4.79 Å². The second-order valence-electron chi connectivity index (χ2n) is 4.31. The van der Waals surface area contributed by atoms with Gasteiger partial charge in [-0.1, -0.05) is 0 Å². The lowest BCUT2D eigenvalue weighted by atomic mass is 10.1. The van der Waals surface area contributed by atoms with E-state index in [1.807, 2.05) is 0 Å². The molecule has 0 aliphatic carbocycles. The van der Waals surface area contributed by atoms with E-state index in [1.54, 1.807) is 30.5 Å². The Morgan fingerprint density at radius 2 is 1.77 bits per heavy atom. The monoisotopic (exact) mass is 303 g/mol. The lowest BCUT2D eigenvalue weighted by molar-refractivity contribution is 0.102. The molecule has 0 saturated heterocycles. The van der Waals surface area contributed by atoms with E-state index in [-0.39, 0.29) is 5.91 Å². The smallest absolute Gasteiger partial charge is 0.257 e. The van der Waals surface area contributed by atoms with E-state index >= 15 is 0 Å². The molecule has 0 saturated carbocycles. The third-order valence-electron chi connectivity index (χ3n) is 3.00. The zero-order valence-corrected chi connectivity index (χ0v) is 12.5. The summed E-state index contributed by atoms with van der Waals surface area (Å²) in [5.74, 6) is 1.10. The molecule has 0 spiro atoms. The maximum Gasteiger partial charge on any atom is 0.257 e. The minimum Gasteiger partial charge on any atom is -0.493 e. The summed E-state index contributed by atoms with van der Waals surface area (Å²) < 4.78 is 15.7. The van der Waals surface area contributed by atoms with Gasteiger partial charge in [-0.15, -0.1) is 0 Å². The summed E-state index contributed by atoms with van der Waals surface area (Å²) in [4.78, 5) is 16.4. The molecule has 0 radical (unpaired) electrons. The molecule has 7 heteroatoms. The van der Waals surface area contributed by atoms with E-state index in [1.165, 1.54) is 21.3 Å². The Hall–Kier alpha value is -2.96. The Kier molecular flexibility index (Phi) is 4.67. The number of amides is 1. The Balaban J connectivity index is 2.36. The van der Waals surface area contributed by atoms with Crippen molar-refractivity contribution >= 4 is 17.4 Å². The number of nitrogens with zero attached hydrogens (tertiary/aromatic N) is 1. The molecule has 7 nitrogen and oxygen atoms in total. The van der Waals surface area contributed by atoms with Crippen LogP contribution in [0.2, 0.25) is 0 Å². The molecule has 0 unspecified atom stereocenters. The van der Waals surface area contributed by atoms with Gasteiger partial charge in [0.2, 0.25) is 5.75 Å². The Morgan fingerprint density at radius 1 is 1.14 bits per heavy atom. The minimum atomic E-state index is -0.385. The van der Waals surface area contributed by atoms with E-state index in [0.29, 0.717) is 34.3 Å². The molecular formula is C15H17N3O4. The number of rotatable bonds is 5. The highest BCUT2D eigenvalue weighted by atomic mass is 16.5. The Morgan fingerprint density at radius 3 is 2.27 bits per heavy atom. The fourth-order valence-electron chi connectivity index (χ4n) is 1.91. The highest BCUT2D eigenvalue weighted by Crippen LogP contribution is 2.38. The normalized spacial score (nSPS) is 9.95. The van der Waals surface area contributed by atoms with Crippen molar-refractivity contribution in [2.24, 2.45) is 0 Å². The van der Waals surface area contributed by atoms with Gasteiger partial charge >= 0.3 is 0 Å². The van der Waals surface area contributed by atoms with E-state index in [0.717, 1.165) is 0 Å². The van der Waals surface area contributed by atoms with Gasteiger partial charge in [-0.3, -0.25) is 4.79 Å². The SMILES string of the molecule is COc1cc(C(=O)Nc2ncccc2N)cc(OC)c1OC. The van der Waals surface area contributed by atoms with Crippen molar-refractivity contribution in [3.05, 3.63) is 36.0 Å². The van der Waals surface area contributed by atoms with Crippen LogP contribution in [0.15, 0.2) is 30.5 Å². The molecule has 116 valence electrons. The van der Waals surface area contributed by atoms with E-state index in [2.05, 4.69) is 10.3 Å². The minimum absolute atomic E-state index is 0.293. The summed E-state index contributed by atoms with van der Waals surface area (Å²) in [6, 6.07) is 6.44. The number of pyridine rings is 1. The van der Waals surface area contributed by atoms with Crippen LogP contribution in [0.5, 0.6) is 17.2 Å². The van der Waals surface area contributed by atoms with Crippen molar-refractivity contribution in [1.82, 2.24) is 4.98 Å². The number of methoxy groups -OCH3 is 3. The van der Waals surface area contributed by atoms with Crippen molar-refractivity contribution in [3.8, 4) is 17.2 Å². The Labute approximate surface area is 128 Å². The molecule has 0 atom stereocenters. The predicted octanol–water partition coefficient (Wildman–Crippen LogP) is 1.94. The van der Waals surface area contributed by atoms with Crippen molar-refractivity contribution in [2.45, 2.75) is 0 Å². The number of carbonyl (C=O) groups is 1. The first-order valence-corrected chi connectivity index (χ1v) is 6.42. The lowest BCUT2D eigenvalue weighted by Crippen LogP contribution is -2.14. The van der Waals surface area contributed by atoms with Crippen LogP contribution in [-0.2, 0) is 0 Å². The highest BCUT2D eigenvalue weighted by molar-refractivity contribution is 6.05. The highest BCUT2D eigenvalue weighted by Gasteiger charge is 2.17. The quantitative estimate of drug-likeness (QED) is 0.876. The van der Waals surface area contributed by atoms with E-state index < -0.39 is 0 Å². The summed E-state index contributed by atoms with van der Waals surface area (Å²) in [7, 11) is 4.46. The summed E-state index contributed by atoms with van der Waals surface area (Å²) >= 11 is 0. The Bertz CT molecular complexity index is 663. The molecular weight excluding hydrogens is 286 g/mol. The van der Waals surface area contributed by atoms with E-state index in [4.69, 9.17) is 19.9 Å². The third-order valence-corrected chi connectivity index (χ3v) is 3.00. The maximum absolute atomic E-state index is 12.3. The van der Waals surface area contributed by atoms with Crippen LogP contribution in [0.25, 0.3) is 0 Å². The molecule has 1 aromatic heterocycles. The standard InChI is InChI=1S/C15H17N3O4/c1-20-11-7-9(8-12(21-2)13(11)22-3)15(19)18-14-10(16)5-4-6-17-14/h4-8H,16H2,1-3H3,(H,17,18,19).